The number of pyridine rings is 1. The van der Waals surface area contributed by atoms with Gasteiger partial charge in [0.1, 0.15) is 10.8 Å². The molecule has 3 aromatic heterocycles. The molecule has 226 valence electrons. The molecule has 1 saturated heterocycles. The van der Waals surface area contributed by atoms with Crippen LogP contribution in [0.2, 0.25) is 0 Å². The van der Waals surface area contributed by atoms with E-state index in [1.807, 2.05) is 35.7 Å². The van der Waals surface area contributed by atoms with Gasteiger partial charge in [0.2, 0.25) is 0 Å². The number of nitrogens with zero attached hydrogens (tertiary/aromatic N) is 4. The zero-order valence-electron chi connectivity index (χ0n) is 24.4. The summed E-state index contributed by atoms with van der Waals surface area (Å²) in [6.45, 7) is 2.60. The van der Waals surface area contributed by atoms with Crippen LogP contribution in [-0.2, 0) is 13.0 Å². The predicted molar refractivity (Wildman–Crippen MR) is 178 cm³/mol. The van der Waals surface area contributed by atoms with E-state index in [1.54, 1.807) is 53.7 Å². The molecule has 2 aromatic carbocycles. The SMILES string of the molecule is O=C(NCc1nccs1)c1cc2c(s1)-c1ccccc1N(C(=O)c1cccc(NC(=O)c3cccnc3N3CCCC3)c1)CC2. The van der Waals surface area contributed by atoms with E-state index < -0.39 is 0 Å². The number of nitrogens with one attached hydrogen (secondary N) is 2. The number of aromatic nitrogens is 2. The highest BCUT2D eigenvalue weighted by atomic mass is 32.1. The molecule has 7 rings (SSSR count). The second-order valence-corrected chi connectivity index (χ2v) is 12.9. The Morgan fingerprint density at radius 3 is 2.58 bits per heavy atom. The maximum atomic E-state index is 14.0. The van der Waals surface area contributed by atoms with Gasteiger partial charge in [-0.15, -0.1) is 22.7 Å². The molecule has 5 aromatic rings. The smallest absolute Gasteiger partial charge is 0.261 e. The van der Waals surface area contributed by atoms with Crippen molar-refractivity contribution in [1.29, 1.82) is 0 Å². The first-order chi connectivity index (χ1) is 22.0. The van der Waals surface area contributed by atoms with Crippen molar-refractivity contribution in [2.45, 2.75) is 25.8 Å². The molecule has 0 radical (unpaired) electrons. The molecular weight excluding hydrogens is 605 g/mol. The van der Waals surface area contributed by atoms with E-state index in [2.05, 4.69) is 25.5 Å². The van der Waals surface area contributed by atoms with Crippen molar-refractivity contribution < 1.29 is 14.4 Å². The van der Waals surface area contributed by atoms with Crippen molar-refractivity contribution in [3.8, 4) is 10.4 Å². The highest BCUT2D eigenvalue weighted by molar-refractivity contribution is 7.17. The zero-order valence-corrected chi connectivity index (χ0v) is 26.0. The van der Waals surface area contributed by atoms with Gasteiger partial charge in [0.15, 0.2) is 0 Å². The summed E-state index contributed by atoms with van der Waals surface area (Å²) in [4.78, 5) is 54.6. The van der Waals surface area contributed by atoms with Crippen molar-refractivity contribution in [1.82, 2.24) is 15.3 Å². The average Bonchev–Trinajstić information content (AvgIpc) is 3.86. The van der Waals surface area contributed by atoms with Crippen LogP contribution in [0.4, 0.5) is 17.2 Å². The maximum Gasteiger partial charge on any atom is 0.261 e. The molecule has 3 amide bonds. The first kappa shape index (κ1) is 28.9. The Kier molecular flexibility index (Phi) is 8.10. The van der Waals surface area contributed by atoms with Gasteiger partial charge >= 0.3 is 0 Å². The molecule has 0 saturated carbocycles. The Morgan fingerprint density at radius 2 is 1.73 bits per heavy atom. The Morgan fingerprint density at radius 1 is 0.867 bits per heavy atom. The molecule has 0 unspecified atom stereocenters. The van der Waals surface area contributed by atoms with Crippen molar-refractivity contribution in [3.63, 3.8) is 0 Å². The fourth-order valence-electron chi connectivity index (χ4n) is 5.84. The van der Waals surface area contributed by atoms with Crippen molar-refractivity contribution in [2.24, 2.45) is 0 Å². The second-order valence-electron chi connectivity index (χ2n) is 10.9. The molecule has 9 nitrogen and oxygen atoms in total. The lowest BCUT2D eigenvalue weighted by Gasteiger charge is -2.23. The summed E-state index contributed by atoms with van der Waals surface area (Å²) in [6, 6.07) is 20.4. The second kappa shape index (κ2) is 12.6. The zero-order chi connectivity index (χ0) is 30.8. The molecule has 0 spiro atoms. The highest BCUT2D eigenvalue weighted by Crippen LogP contribution is 2.42. The standard InChI is InChI=1S/C34H30N6O3S2/c41-32(26-10-6-13-36-31(26)39-15-3-4-16-39)38-24-8-5-7-23(19-24)34(43)40-17-12-22-20-28(33(42)37-21-29-35-14-18-44-29)45-30(22)25-9-1-2-11-27(25)40/h1-2,5-11,13-14,18-20H,3-4,12,15-17,21H2,(H,37,42)(H,38,41). The van der Waals surface area contributed by atoms with Crippen LogP contribution >= 0.6 is 22.7 Å². The Bertz CT molecular complexity index is 1880. The van der Waals surface area contributed by atoms with E-state index in [0.29, 0.717) is 47.0 Å². The number of thiophene rings is 1. The van der Waals surface area contributed by atoms with Crippen LogP contribution in [0.25, 0.3) is 10.4 Å². The van der Waals surface area contributed by atoms with Gasteiger partial charge in [-0.1, -0.05) is 24.3 Å². The van der Waals surface area contributed by atoms with Crippen molar-refractivity contribution in [3.05, 3.63) is 111 Å². The monoisotopic (exact) mass is 634 g/mol. The van der Waals surface area contributed by atoms with Crippen LogP contribution in [0.3, 0.4) is 0 Å². The average molecular weight is 635 g/mol. The summed E-state index contributed by atoms with van der Waals surface area (Å²) in [7, 11) is 0. The van der Waals surface area contributed by atoms with Gasteiger partial charge in [-0.2, -0.15) is 0 Å². The van der Waals surface area contributed by atoms with E-state index in [9.17, 15) is 14.4 Å². The number of thiazole rings is 1. The van der Waals surface area contributed by atoms with Gasteiger partial charge in [0.05, 0.1) is 22.7 Å². The lowest BCUT2D eigenvalue weighted by atomic mass is 10.1. The van der Waals surface area contributed by atoms with Crippen LogP contribution in [0.15, 0.2) is 84.5 Å². The van der Waals surface area contributed by atoms with Gasteiger partial charge in [0.25, 0.3) is 17.7 Å². The van der Waals surface area contributed by atoms with Crippen LogP contribution in [-0.4, -0.2) is 47.3 Å². The van der Waals surface area contributed by atoms with Crippen molar-refractivity contribution >= 4 is 57.6 Å². The number of carbonyl (C=O) groups is 3. The minimum Gasteiger partial charge on any atom is -0.356 e. The van der Waals surface area contributed by atoms with Crippen molar-refractivity contribution in [2.75, 3.05) is 34.8 Å². The van der Waals surface area contributed by atoms with E-state index in [4.69, 9.17) is 0 Å². The quantitative estimate of drug-likeness (QED) is 0.219. The lowest BCUT2D eigenvalue weighted by molar-refractivity contribution is 0.0952. The summed E-state index contributed by atoms with van der Waals surface area (Å²) in [5.74, 6) is 0.139. The molecule has 2 aliphatic rings. The van der Waals surface area contributed by atoms with Gasteiger partial charge in [-0.05, 0) is 67.3 Å². The number of benzene rings is 2. The van der Waals surface area contributed by atoms with E-state index >= 15 is 0 Å². The number of fused-ring (bicyclic) bond motifs is 3. The molecule has 45 heavy (non-hydrogen) atoms. The number of anilines is 3. The molecule has 0 bridgehead atoms. The lowest BCUT2D eigenvalue weighted by Crippen LogP contribution is -2.32. The summed E-state index contributed by atoms with van der Waals surface area (Å²) in [5, 5.41) is 8.69. The fourth-order valence-corrected chi connectivity index (χ4v) is 7.56. The molecule has 0 atom stereocenters. The number of hydrogen-bond acceptors (Lipinski definition) is 8. The molecule has 0 aliphatic carbocycles. The number of para-hydroxylation sites is 1. The number of amides is 3. The van der Waals surface area contributed by atoms with Gasteiger partial charge < -0.3 is 20.4 Å². The summed E-state index contributed by atoms with van der Waals surface area (Å²) < 4.78 is 0. The van der Waals surface area contributed by atoms with Crippen LogP contribution in [0.5, 0.6) is 0 Å². The molecule has 5 heterocycles. The van der Waals surface area contributed by atoms with E-state index in [-0.39, 0.29) is 17.7 Å². The molecule has 2 aliphatic heterocycles. The number of rotatable bonds is 7. The van der Waals surface area contributed by atoms with Gasteiger partial charge in [0, 0.05) is 59.1 Å². The Labute approximate surface area is 268 Å². The van der Waals surface area contributed by atoms with E-state index in [0.717, 1.165) is 52.6 Å². The largest absolute Gasteiger partial charge is 0.356 e. The highest BCUT2D eigenvalue weighted by Gasteiger charge is 2.28. The third-order valence-corrected chi connectivity index (χ3v) is 10.00. The minimum atomic E-state index is -0.259. The minimum absolute atomic E-state index is 0.133. The third kappa shape index (κ3) is 5.96. The van der Waals surface area contributed by atoms with Crippen LogP contribution in [0, 0.1) is 0 Å². The van der Waals surface area contributed by atoms with Crippen LogP contribution < -0.4 is 20.4 Å². The van der Waals surface area contributed by atoms with E-state index in [1.165, 1.54) is 22.7 Å². The van der Waals surface area contributed by atoms with Crippen LogP contribution in [0.1, 0.15) is 53.8 Å². The van der Waals surface area contributed by atoms with Gasteiger partial charge in [-0.25, -0.2) is 9.97 Å². The molecular formula is C34H30N6O3S2. The topological polar surface area (TPSA) is 108 Å². The van der Waals surface area contributed by atoms with Gasteiger partial charge in [-0.3, -0.25) is 14.4 Å². The number of carbonyl (C=O) groups excluding carboxylic acids is 3. The normalized spacial score (nSPS) is 14.0. The Balaban J connectivity index is 1.11. The summed E-state index contributed by atoms with van der Waals surface area (Å²) in [5.41, 5.74) is 4.27. The number of hydrogen-bond donors (Lipinski definition) is 2. The Hall–Kier alpha value is -4.87. The first-order valence-electron chi connectivity index (χ1n) is 14.9. The molecule has 11 heteroatoms. The summed E-state index contributed by atoms with van der Waals surface area (Å²) in [6.07, 6.45) is 6.20. The summed E-state index contributed by atoms with van der Waals surface area (Å²) >= 11 is 2.95. The predicted octanol–water partition coefficient (Wildman–Crippen LogP) is 6.25. The maximum absolute atomic E-state index is 14.0. The first-order valence-corrected chi connectivity index (χ1v) is 16.6. The molecule has 2 N–H and O–H groups in total. The molecule has 1 fully saturated rings. The fraction of sp³-hybridized carbons (Fsp3) is 0.206. The third-order valence-electron chi connectivity index (χ3n) is 8.01.